The van der Waals surface area contributed by atoms with E-state index in [2.05, 4.69) is 58.4 Å². The number of nitrogens with zero attached hydrogens (tertiary/aromatic N) is 1. The number of aryl methyl sites for hydroxylation is 1. The molecule has 0 unspecified atom stereocenters. The second-order valence-corrected chi connectivity index (χ2v) is 11.1. The maximum absolute atomic E-state index is 13.4. The molecule has 0 atom stereocenters. The number of Topliss-reactive ketones (excluding diaryl/α,β-unsaturated/α-hetero) is 1. The van der Waals surface area contributed by atoms with E-state index in [1.54, 1.807) is 6.07 Å². The highest BCUT2D eigenvalue weighted by molar-refractivity contribution is 7.16. The first-order valence-corrected chi connectivity index (χ1v) is 14.8. The average Bonchev–Trinajstić information content (AvgIpc) is 3.40. The molecule has 41 heavy (non-hydrogen) atoms. The lowest BCUT2D eigenvalue weighted by atomic mass is 10.1. The number of fused-ring (bicyclic) bond motifs is 1. The van der Waals surface area contributed by atoms with Crippen LogP contribution in [-0.4, -0.2) is 40.5 Å². The Labute approximate surface area is 243 Å². The molecule has 4 aromatic carbocycles. The molecule has 0 saturated carbocycles. The van der Waals surface area contributed by atoms with Crippen LogP contribution < -0.4 is 9.61 Å². The van der Waals surface area contributed by atoms with Gasteiger partial charge < -0.3 is 14.8 Å². The number of aromatic nitrogens is 1. The van der Waals surface area contributed by atoms with E-state index in [9.17, 15) is 14.7 Å². The van der Waals surface area contributed by atoms with Gasteiger partial charge in [-0.2, -0.15) is 0 Å². The molecule has 0 amide bonds. The molecular weight excluding hydrogens is 532 g/mol. The summed E-state index contributed by atoms with van der Waals surface area (Å²) in [6.45, 7) is 2.21. The van der Waals surface area contributed by atoms with Gasteiger partial charge in [0.15, 0.2) is 5.78 Å². The molecule has 7 heteroatoms. The van der Waals surface area contributed by atoms with Crippen LogP contribution in [0.25, 0.3) is 10.2 Å². The van der Waals surface area contributed by atoms with E-state index in [0.717, 1.165) is 48.3 Å². The molecule has 210 valence electrons. The number of hydrogen-bond acceptors (Lipinski definition) is 6. The molecule has 0 aliphatic carbocycles. The van der Waals surface area contributed by atoms with Crippen LogP contribution in [0, 0.1) is 0 Å². The molecule has 1 heterocycles. The fourth-order valence-electron chi connectivity index (χ4n) is 4.89. The number of benzene rings is 4. The topological polar surface area (TPSA) is 82.6 Å². The maximum atomic E-state index is 13.4. The molecule has 0 fully saturated rings. The Morgan fingerprint density at radius 1 is 0.805 bits per heavy atom. The number of phenolic OH excluding ortho intramolecular Hbond substituents is 1. The second kappa shape index (κ2) is 13.9. The van der Waals surface area contributed by atoms with Crippen molar-refractivity contribution >= 4 is 27.3 Å². The number of ketones is 1. The summed E-state index contributed by atoms with van der Waals surface area (Å²) in [5.74, 6) is 0.750. The van der Waals surface area contributed by atoms with Crippen LogP contribution >= 0.6 is 11.3 Å². The second-order valence-electron chi connectivity index (χ2n) is 10.2. The predicted octanol–water partition coefficient (Wildman–Crippen LogP) is 6.62. The van der Waals surface area contributed by atoms with Crippen molar-refractivity contribution in [3.63, 3.8) is 0 Å². The molecule has 0 bridgehead atoms. The van der Waals surface area contributed by atoms with Gasteiger partial charge in [0, 0.05) is 18.7 Å². The van der Waals surface area contributed by atoms with Crippen LogP contribution in [-0.2, 0) is 19.4 Å². The standard InChI is InChI=1S/C34H34N2O4S/c37-30-19-18-29(33-32(30)35-34(39)41-33)31(38)24-36(23-27-12-5-2-6-13-27)21-20-26-14-16-28(17-15-26)40-22-8-7-11-25-9-3-1-4-10-25/h1-6,9-10,12-19,37H,7-8,11,20-24H2,(H,35,39). The first-order chi connectivity index (χ1) is 20.0. The van der Waals surface area contributed by atoms with Gasteiger partial charge in [0.2, 0.25) is 0 Å². The van der Waals surface area contributed by atoms with Gasteiger partial charge in [-0.05, 0) is 66.6 Å². The highest BCUT2D eigenvalue weighted by atomic mass is 32.1. The van der Waals surface area contributed by atoms with Crippen molar-refractivity contribution in [2.45, 2.75) is 32.2 Å². The highest BCUT2D eigenvalue weighted by Crippen LogP contribution is 2.28. The van der Waals surface area contributed by atoms with E-state index in [1.807, 2.05) is 36.4 Å². The van der Waals surface area contributed by atoms with Crippen LogP contribution in [0.1, 0.15) is 39.9 Å². The Morgan fingerprint density at radius 2 is 1.49 bits per heavy atom. The molecule has 0 spiro atoms. The minimum absolute atomic E-state index is 0.0318. The summed E-state index contributed by atoms with van der Waals surface area (Å²) in [6, 6.07) is 31.9. The van der Waals surface area contributed by atoms with E-state index >= 15 is 0 Å². The molecule has 6 nitrogen and oxygen atoms in total. The van der Waals surface area contributed by atoms with Gasteiger partial charge in [-0.15, -0.1) is 0 Å². The quantitative estimate of drug-likeness (QED) is 0.117. The number of hydrogen-bond donors (Lipinski definition) is 2. The van der Waals surface area contributed by atoms with Crippen LogP contribution in [0.2, 0.25) is 0 Å². The number of thiazole rings is 1. The van der Waals surface area contributed by atoms with E-state index in [0.29, 0.717) is 35.5 Å². The third kappa shape index (κ3) is 7.93. The monoisotopic (exact) mass is 566 g/mol. The molecule has 2 N–H and O–H groups in total. The lowest BCUT2D eigenvalue weighted by Crippen LogP contribution is -2.31. The van der Waals surface area contributed by atoms with Crippen molar-refractivity contribution < 1.29 is 14.6 Å². The van der Waals surface area contributed by atoms with Crippen molar-refractivity contribution in [2.24, 2.45) is 0 Å². The first kappa shape index (κ1) is 28.3. The Morgan fingerprint density at radius 3 is 2.22 bits per heavy atom. The van der Waals surface area contributed by atoms with E-state index in [4.69, 9.17) is 4.74 Å². The fraction of sp³-hybridized carbons (Fsp3) is 0.235. The summed E-state index contributed by atoms with van der Waals surface area (Å²) in [4.78, 5) is 29.8. The van der Waals surface area contributed by atoms with Gasteiger partial charge >= 0.3 is 4.87 Å². The fourth-order valence-corrected chi connectivity index (χ4v) is 5.78. The molecule has 0 aliphatic rings. The minimum atomic E-state index is -0.295. The summed E-state index contributed by atoms with van der Waals surface area (Å²) in [5.41, 5.74) is 4.42. The Hall–Kier alpha value is -4.20. The van der Waals surface area contributed by atoms with E-state index < -0.39 is 0 Å². The van der Waals surface area contributed by atoms with Gasteiger partial charge in [-0.3, -0.25) is 14.5 Å². The number of carbonyl (C=O) groups excluding carboxylic acids is 1. The Bertz CT molecular complexity index is 1610. The van der Waals surface area contributed by atoms with Crippen molar-refractivity contribution in [1.82, 2.24) is 9.88 Å². The zero-order chi connectivity index (χ0) is 28.4. The number of phenols is 1. The zero-order valence-corrected chi connectivity index (χ0v) is 23.7. The number of H-pyrrole nitrogens is 1. The Balaban J connectivity index is 1.17. The Kier molecular flexibility index (Phi) is 9.62. The van der Waals surface area contributed by atoms with Gasteiger partial charge in [-0.1, -0.05) is 84.1 Å². The van der Waals surface area contributed by atoms with Gasteiger partial charge in [0.05, 0.1) is 17.9 Å². The summed E-state index contributed by atoms with van der Waals surface area (Å²) in [6.07, 6.45) is 3.94. The normalized spacial score (nSPS) is 11.2. The molecule has 5 aromatic rings. The highest BCUT2D eigenvalue weighted by Gasteiger charge is 2.19. The number of rotatable bonds is 14. The maximum Gasteiger partial charge on any atom is 0.305 e. The number of carbonyl (C=O) groups is 1. The predicted molar refractivity (Wildman–Crippen MR) is 165 cm³/mol. The van der Waals surface area contributed by atoms with Crippen molar-refractivity contribution in [2.75, 3.05) is 19.7 Å². The van der Waals surface area contributed by atoms with E-state index in [-0.39, 0.29) is 23.0 Å². The molecule has 0 aliphatic heterocycles. The summed E-state index contributed by atoms with van der Waals surface area (Å²) < 4.78 is 6.45. The number of unbranched alkanes of at least 4 members (excludes halogenated alkanes) is 1. The van der Waals surface area contributed by atoms with Crippen LogP contribution in [0.4, 0.5) is 0 Å². The molecule has 0 radical (unpaired) electrons. The summed E-state index contributed by atoms with van der Waals surface area (Å²) in [5, 5.41) is 10.1. The average molecular weight is 567 g/mol. The number of nitrogens with one attached hydrogen (secondary N) is 1. The minimum Gasteiger partial charge on any atom is -0.506 e. The largest absolute Gasteiger partial charge is 0.506 e. The van der Waals surface area contributed by atoms with Crippen LogP contribution in [0.3, 0.4) is 0 Å². The van der Waals surface area contributed by atoms with Crippen LogP contribution in [0.5, 0.6) is 11.5 Å². The summed E-state index contributed by atoms with van der Waals surface area (Å²) >= 11 is 0.949. The number of aromatic hydroxyl groups is 1. The van der Waals surface area contributed by atoms with Crippen molar-refractivity contribution in [1.29, 1.82) is 0 Å². The van der Waals surface area contributed by atoms with Gasteiger partial charge in [0.25, 0.3) is 0 Å². The van der Waals surface area contributed by atoms with Gasteiger partial charge in [0.1, 0.15) is 17.0 Å². The van der Waals surface area contributed by atoms with Crippen molar-refractivity contribution in [3.8, 4) is 11.5 Å². The van der Waals surface area contributed by atoms with Gasteiger partial charge in [-0.25, -0.2) is 0 Å². The lowest BCUT2D eigenvalue weighted by Gasteiger charge is -2.22. The third-order valence-corrected chi connectivity index (χ3v) is 8.00. The molecule has 1 aromatic heterocycles. The smallest absolute Gasteiger partial charge is 0.305 e. The van der Waals surface area contributed by atoms with Crippen LogP contribution in [0.15, 0.2) is 102 Å². The number of ether oxygens (including phenoxy) is 1. The summed E-state index contributed by atoms with van der Waals surface area (Å²) in [7, 11) is 0. The SMILES string of the molecule is O=C(CN(CCc1ccc(OCCCCc2ccccc2)cc1)Cc1ccccc1)c1ccc(O)c2[nH]c(=O)sc12. The van der Waals surface area contributed by atoms with E-state index in [1.165, 1.54) is 17.2 Å². The molecule has 5 rings (SSSR count). The molecule has 0 saturated heterocycles. The van der Waals surface area contributed by atoms with Crippen molar-refractivity contribution in [3.05, 3.63) is 129 Å². The lowest BCUT2D eigenvalue weighted by molar-refractivity contribution is 0.0928. The molecular formula is C34H34N2O4S. The zero-order valence-electron chi connectivity index (χ0n) is 22.9. The first-order valence-electron chi connectivity index (χ1n) is 13.9. The number of aromatic amines is 1. The third-order valence-electron chi connectivity index (χ3n) is 7.09.